The molecular weight excluding hydrogens is 320 g/mol. The Bertz CT molecular complexity index is 864. The Hall–Kier alpha value is -2.93. The number of carbonyl (C=O) groups is 1. The molecule has 1 aromatic carbocycles. The van der Waals surface area contributed by atoms with Gasteiger partial charge in [-0.15, -0.1) is 5.10 Å². The molecule has 0 spiro atoms. The average molecular weight is 331 g/mol. The van der Waals surface area contributed by atoms with Crippen LogP contribution in [0.5, 0.6) is 5.75 Å². The molecule has 3 aromatic rings. The van der Waals surface area contributed by atoms with Crippen molar-refractivity contribution in [1.29, 1.82) is 0 Å². The number of methoxy groups -OCH3 is 1. The van der Waals surface area contributed by atoms with Gasteiger partial charge in [-0.25, -0.2) is 9.48 Å². The lowest BCUT2D eigenvalue weighted by Crippen LogP contribution is -2.04. The van der Waals surface area contributed by atoms with E-state index in [4.69, 9.17) is 16.3 Å². The minimum atomic E-state index is -1.18. The second kappa shape index (κ2) is 6.05. The van der Waals surface area contributed by atoms with Crippen LogP contribution < -0.4 is 4.74 Å². The summed E-state index contributed by atoms with van der Waals surface area (Å²) in [7, 11) is 1.51. The van der Waals surface area contributed by atoms with E-state index < -0.39 is 5.97 Å². The monoisotopic (exact) mass is 330 g/mol. The van der Waals surface area contributed by atoms with Crippen molar-refractivity contribution in [2.45, 2.75) is 0 Å². The number of halogens is 1. The molecule has 2 aromatic heterocycles. The highest BCUT2D eigenvalue weighted by molar-refractivity contribution is 6.30. The normalized spacial score (nSPS) is 10.5. The molecule has 0 amide bonds. The molecule has 23 heavy (non-hydrogen) atoms. The van der Waals surface area contributed by atoms with Crippen LogP contribution in [0.3, 0.4) is 0 Å². The number of carboxylic acid groups (broad SMARTS) is 1. The summed E-state index contributed by atoms with van der Waals surface area (Å²) < 4.78 is 6.70. The quantitative estimate of drug-likeness (QED) is 0.791. The number of aromatic carboxylic acids is 1. The van der Waals surface area contributed by atoms with Crippen LogP contribution in [0.1, 0.15) is 10.5 Å². The number of nitrogens with zero attached hydrogens (tertiary/aromatic N) is 4. The lowest BCUT2D eigenvalue weighted by atomic mass is 10.1. The number of rotatable bonds is 4. The van der Waals surface area contributed by atoms with Gasteiger partial charge in [-0.3, -0.25) is 4.98 Å². The highest BCUT2D eigenvalue weighted by Crippen LogP contribution is 2.31. The maximum absolute atomic E-state index is 11.5. The van der Waals surface area contributed by atoms with E-state index in [1.165, 1.54) is 11.8 Å². The molecule has 0 saturated heterocycles. The summed E-state index contributed by atoms with van der Waals surface area (Å²) in [4.78, 5) is 15.4. The Kier molecular flexibility index (Phi) is 3.94. The Morgan fingerprint density at radius 2 is 2.00 bits per heavy atom. The lowest BCUT2D eigenvalue weighted by Gasteiger charge is -2.11. The molecule has 0 fully saturated rings. The third-order valence-corrected chi connectivity index (χ3v) is 3.43. The Balaban J connectivity index is 2.30. The first kappa shape index (κ1) is 15.0. The average Bonchev–Trinajstić information content (AvgIpc) is 3.00. The first-order valence-electron chi connectivity index (χ1n) is 6.55. The van der Waals surface area contributed by atoms with Gasteiger partial charge in [-0.05, 0) is 30.3 Å². The standard InChI is InChI=1S/C15H11ClN4O3/c1-23-12-3-2-10(16)8-11(12)20-14(9-4-6-17-7-5-9)13(15(21)22)18-19-20/h2-8H,1H3,(H,21,22). The van der Waals surface area contributed by atoms with Crippen molar-refractivity contribution in [3.8, 4) is 22.7 Å². The largest absolute Gasteiger partial charge is 0.494 e. The van der Waals surface area contributed by atoms with Crippen molar-refractivity contribution in [1.82, 2.24) is 20.0 Å². The first-order valence-corrected chi connectivity index (χ1v) is 6.93. The minimum absolute atomic E-state index is 0.168. The molecule has 0 bridgehead atoms. The maximum Gasteiger partial charge on any atom is 0.358 e. The fourth-order valence-electron chi connectivity index (χ4n) is 2.19. The molecule has 0 aliphatic rings. The third kappa shape index (κ3) is 2.74. The topological polar surface area (TPSA) is 90.1 Å². The molecule has 1 N–H and O–H groups in total. The summed E-state index contributed by atoms with van der Waals surface area (Å²) in [5, 5.41) is 17.6. The van der Waals surface area contributed by atoms with Crippen LogP contribution in [0.25, 0.3) is 16.9 Å². The number of benzene rings is 1. The Labute approximate surface area is 136 Å². The summed E-state index contributed by atoms with van der Waals surface area (Å²) in [5.74, 6) is -0.685. The van der Waals surface area contributed by atoms with Crippen molar-refractivity contribution in [2.24, 2.45) is 0 Å². The summed E-state index contributed by atoms with van der Waals surface area (Å²) in [6.07, 6.45) is 3.13. The molecule has 3 rings (SSSR count). The van der Waals surface area contributed by atoms with Gasteiger partial charge < -0.3 is 9.84 Å². The number of hydrogen-bond acceptors (Lipinski definition) is 5. The van der Waals surface area contributed by atoms with E-state index in [0.29, 0.717) is 27.7 Å². The smallest absolute Gasteiger partial charge is 0.358 e. The zero-order valence-electron chi connectivity index (χ0n) is 12.0. The molecular formula is C15H11ClN4O3. The molecule has 0 aliphatic carbocycles. The van der Waals surface area contributed by atoms with Gasteiger partial charge in [0.05, 0.1) is 7.11 Å². The van der Waals surface area contributed by atoms with Crippen molar-refractivity contribution in [3.05, 3.63) is 53.4 Å². The minimum Gasteiger partial charge on any atom is -0.494 e. The third-order valence-electron chi connectivity index (χ3n) is 3.20. The Morgan fingerprint density at radius 1 is 1.26 bits per heavy atom. The van der Waals surface area contributed by atoms with Crippen LogP contribution >= 0.6 is 11.6 Å². The zero-order chi connectivity index (χ0) is 16.4. The predicted octanol–water partition coefficient (Wildman–Crippen LogP) is 2.69. The van der Waals surface area contributed by atoms with Gasteiger partial charge in [-0.2, -0.15) is 0 Å². The molecule has 116 valence electrons. The van der Waals surface area contributed by atoms with Gasteiger partial charge in [0.15, 0.2) is 5.69 Å². The van der Waals surface area contributed by atoms with Gasteiger partial charge in [0, 0.05) is 23.0 Å². The van der Waals surface area contributed by atoms with E-state index in [1.807, 2.05) is 0 Å². The summed E-state index contributed by atoms with van der Waals surface area (Å²) >= 11 is 6.05. The second-order valence-electron chi connectivity index (χ2n) is 4.56. The van der Waals surface area contributed by atoms with Gasteiger partial charge in [0.25, 0.3) is 0 Å². The van der Waals surface area contributed by atoms with E-state index in [9.17, 15) is 9.90 Å². The van der Waals surface area contributed by atoms with Gasteiger partial charge in [-0.1, -0.05) is 16.8 Å². The fraction of sp³-hybridized carbons (Fsp3) is 0.0667. The van der Waals surface area contributed by atoms with E-state index in [0.717, 1.165) is 0 Å². The van der Waals surface area contributed by atoms with Crippen LogP contribution in [-0.4, -0.2) is 38.2 Å². The fourth-order valence-corrected chi connectivity index (χ4v) is 2.36. The SMILES string of the molecule is COc1ccc(Cl)cc1-n1nnc(C(=O)O)c1-c1ccncc1. The molecule has 0 atom stereocenters. The van der Waals surface area contributed by atoms with Crippen LogP contribution in [0, 0.1) is 0 Å². The zero-order valence-corrected chi connectivity index (χ0v) is 12.7. The van der Waals surface area contributed by atoms with E-state index in [2.05, 4.69) is 15.3 Å². The number of aromatic nitrogens is 4. The molecule has 0 unspecified atom stereocenters. The first-order chi connectivity index (χ1) is 11.1. The molecule has 0 saturated carbocycles. The van der Waals surface area contributed by atoms with Crippen LogP contribution in [-0.2, 0) is 0 Å². The lowest BCUT2D eigenvalue weighted by molar-refractivity contribution is 0.0691. The van der Waals surface area contributed by atoms with Gasteiger partial charge in [0.1, 0.15) is 17.1 Å². The Morgan fingerprint density at radius 3 is 2.65 bits per heavy atom. The van der Waals surface area contributed by atoms with E-state index >= 15 is 0 Å². The van der Waals surface area contributed by atoms with Gasteiger partial charge in [0.2, 0.25) is 0 Å². The van der Waals surface area contributed by atoms with Crippen LogP contribution in [0.2, 0.25) is 5.02 Å². The summed E-state index contributed by atoms with van der Waals surface area (Å²) in [6, 6.07) is 8.34. The molecule has 2 heterocycles. The van der Waals surface area contributed by atoms with E-state index in [1.54, 1.807) is 42.7 Å². The number of hydrogen-bond donors (Lipinski definition) is 1. The predicted molar refractivity (Wildman–Crippen MR) is 83.1 cm³/mol. The highest BCUT2D eigenvalue weighted by Gasteiger charge is 2.23. The number of pyridine rings is 1. The second-order valence-corrected chi connectivity index (χ2v) is 4.99. The maximum atomic E-state index is 11.5. The molecule has 0 radical (unpaired) electrons. The van der Waals surface area contributed by atoms with Crippen LogP contribution in [0.4, 0.5) is 0 Å². The highest BCUT2D eigenvalue weighted by atomic mass is 35.5. The van der Waals surface area contributed by atoms with Crippen molar-refractivity contribution in [2.75, 3.05) is 7.11 Å². The van der Waals surface area contributed by atoms with Crippen molar-refractivity contribution >= 4 is 17.6 Å². The van der Waals surface area contributed by atoms with Gasteiger partial charge >= 0.3 is 5.97 Å². The number of carboxylic acids is 1. The van der Waals surface area contributed by atoms with Crippen molar-refractivity contribution < 1.29 is 14.6 Å². The number of ether oxygens (including phenoxy) is 1. The van der Waals surface area contributed by atoms with Crippen molar-refractivity contribution in [3.63, 3.8) is 0 Å². The molecule has 7 nitrogen and oxygen atoms in total. The summed E-state index contributed by atoms with van der Waals surface area (Å²) in [5.41, 5.74) is 1.26. The molecule has 8 heteroatoms. The summed E-state index contributed by atoms with van der Waals surface area (Å²) in [6.45, 7) is 0. The molecule has 0 aliphatic heterocycles. The van der Waals surface area contributed by atoms with Crippen LogP contribution in [0.15, 0.2) is 42.7 Å². The van der Waals surface area contributed by atoms with E-state index in [-0.39, 0.29) is 5.69 Å².